The molecule has 0 aliphatic heterocycles. The molecule has 0 aliphatic rings. The highest BCUT2D eigenvalue weighted by Crippen LogP contribution is 2.24. The molecule has 4 nitrogen and oxygen atoms in total. The Balaban J connectivity index is 2.42. The number of thiophene rings is 1. The molecule has 0 aromatic carbocycles. The van der Waals surface area contributed by atoms with E-state index in [2.05, 4.69) is 5.10 Å². The van der Waals surface area contributed by atoms with Crippen LogP contribution < -0.4 is 0 Å². The summed E-state index contributed by atoms with van der Waals surface area (Å²) < 4.78 is 1.54. The lowest BCUT2D eigenvalue weighted by molar-refractivity contribution is 0.282. The Labute approximate surface area is 91.0 Å². The fourth-order valence-corrected chi connectivity index (χ4v) is 2.01. The minimum absolute atomic E-state index is 0.0589. The van der Waals surface area contributed by atoms with E-state index in [1.54, 1.807) is 22.2 Å². The van der Waals surface area contributed by atoms with Gasteiger partial charge in [-0.3, -0.25) is 4.68 Å². The van der Waals surface area contributed by atoms with Crippen LogP contribution in [-0.4, -0.2) is 14.9 Å². The highest BCUT2D eigenvalue weighted by atomic mass is 32.1. The zero-order valence-corrected chi connectivity index (χ0v) is 8.74. The zero-order chi connectivity index (χ0) is 10.7. The first-order valence-electron chi connectivity index (χ1n) is 4.42. The SMILES string of the molecule is N#CCn1cc(CO)c(-c2ccsc2)n1. The van der Waals surface area contributed by atoms with Crippen LogP contribution in [0, 0.1) is 11.3 Å². The molecular weight excluding hydrogens is 210 g/mol. The van der Waals surface area contributed by atoms with E-state index in [4.69, 9.17) is 10.4 Å². The first kappa shape index (κ1) is 9.90. The maximum atomic E-state index is 9.17. The van der Waals surface area contributed by atoms with E-state index in [0.29, 0.717) is 0 Å². The average molecular weight is 219 g/mol. The van der Waals surface area contributed by atoms with Crippen molar-refractivity contribution in [2.45, 2.75) is 13.2 Å². The maximum absolute atomic E-state index is 9.17. The summed E-state index contributed by atoms with van der Waals surface area (Å²) in [5, 5.41) is 25.9. The van der Waals surface area contributed by atoms with Crippen molar-refractivity contribution in [2.75, 3.05) is 0 Å². The largest absolute Gasteiger partial charge is 0.392 e. The third-order valence-electron chi connectivity index (χ3n) is 2.04. The van der Waals surface area contributed by atoms with Crippen molar-refractivity contribution in [2.24, 2.45) is 0 Å². The normalized spacial score (nSPS) is 10.1. The van der Waals surface area contributed by atoms with Crippen molar-refractivity contribution in [1.82, 2.24) is 9.78 Å². The van der Waals surface area contributed by atoms with Gasteiger partial charge in [0.2, 0.25) is 0 Å². The predicted octanol–water partition coefficient (Wildman–Crippen LogP) is 1.63. The van der Waals surface area contributed by atoms with Crippen LogP contribution in [0.3, 0.4) is 0 Å². The topological polar surface area (TPSA) is 61.8 Å². The van der Waals surface area contributed by atoms with Crippen LogP contribution in [0.5, 0.6) is 0 Å². The molecule has 76 valence electrons. The molecule has 5 heteroatoms. The van der Waals surface area contributed by atoms with Crippen LogP contribution in [0.1, 0.15) is 5.56 Å². The summed E-state index contributed by atoms with van der Waals surface area (Å²) in [6, 6.07) is 3.96. The van der Waals surface area contributed by atoms with Crippen LogP contribution in [0.25, 0.3) is 11.3 Å². The fraction of sp³-hybridized carbons (Fsp3) is 0.200. The van der Waals surface area contributed by atoms with Crippen LogP contribution in [0.15, 0.2) is 23.0 Å². The molecule has 0 atom stereocenters. The molecule has 2 heterocycles. The van der Waals surface area contributed by atoms with Crippen LogP contribution in [-0.2, 0) is 13.2 Å². The van der Waals surface area contributed by atoms with E-state index in [9.17, 15) is 0 Å². The van der Waals surface area contributed by atoms with Gasteiger partial charge in [0.15, 0.2) is 0 Å². The highest BCUT2D eigenvalue weighted by Gasteiger charge is 2.10. The Morgan fingerprint density at radius 2 is 2.47 bits per heavy atom. The van der Waals surface area contributed by atoms with E-state index in [1.807, 2.05) is 22.9 Å². The number of nitrogens with zero attached hydrogens (tertiary/aromatic N) is 3. The summed E-state index contributed by atoms with van der Waals surface area (Å²) >= 11 is 1.58. The van der Waals surface area contributed by atoms with Crippen molar-refractivity contribution in [1.29, 1.82) is 5.26 Å². The molecule has 1 N–H and O–H groups in total. The van der Waals surface area contributed by atoms with Crippen molar-refractivity contribution < 1.29 is 5.11 Å². The molecule has 0 radical (unpaired) electrons. The number of aliphatic hydroxyl groups excluding tert-OH is 1. The molecule has 0 saturated heterocycles. The van der Waals surface area contributed by atoms with Crippen molar-refractivity contribution >= 4 is 11.3 Å². The van der Waals surface area contributed by atoms with E-state index in [1.165, 1.54) is 0 Å². The third kappa shape index (κ3) is 1.91. The second kappa shape index (κ2) is 4.26. The van der Waals surface area contributed by atoms with Gasteiger partial charge in [-0.2, -0.15) is 21.7 Å². The van der Waals surface area contributed by atoms with Crippen LogP contribution in [0.4, 0.5) is 0 Å². The summed E-state index contributed by atoms with van der Waals surface area (Å²) in [5.41, 5.74) is 2.50. The van der Waals surface area contributed by atoms with Crippen LogP contribution >= 0.6 is 11.3 Å². The van der Waals surface area contributed by atoms with Crippen molar-refractivity contribution in [3.8, 4) is 17.3 Å². The lowest BCUT2D eigenvalue weighted by atomic mass is 10.2. The van der Waals surface area contributed by atoms with Crippen LogP contribution in [0.2, 0.25) is 0 Å². The average Bonchev–Trinajstić information content (AvgIpc) is 2.84. The highest BCUT2D eigenvalue weighted by molar-refractivity contribution is 7.08. The summed E-state index contributed by atoms with van der Waals surface area (Å²) in [6.07, 6.45) is 1.70. The van der Waals surface area contributed by atoms with Gasteiger partial charge in [-0.05, 0) is 11.4 Å². The lowest BCUT2D eigenvalue weighted by Gasteiger charge is -1.93. The van der Waals surface area contributed by atoms with Gasteiger partial charge in [0.1, 0.15) is 6.54 Å². The number of aliphatic hydroxyl groups is 1. The molecule has 0 amide bonds. The Hall–Kier alpha value is -1.64. The zero-order valence-electron chi connectivity index (χ0n) is 7.92. The molecule has 0 spiro atoms. The monoisotopic (exact) mass is 219 g/mol. The number of nitriles is 1. The molecular formula is C10H9N3OS. The van der Waals surface area contributed by atoms with E-state index < -0.39 is 0 Å². The van der Waals surface area contributed by atoms with Gasteiger partial charge in [-0.1, -0.05) is 0 Å². The van der Waals surface area contributed by atoms with Crippen molar-refractivity contribution in [3.05, 3.63) is 28.6 Å². The lowest BCUT2D eigenvalue weighted by Crippen LogP contribution is -1.95. The summed E-state index contributed by atoms with van der Waals surface area (Å²) in [5.74, 6) is 0. The van der Waals surface area contributed by atoms with Gasteiger partial charge >= 0.3 is 0 Å². The number of aromatic nitrogens is 2. The van der Waals surface area contributed by atoms with Crippen molar-refractivity contribution in [3.63, 3.8) is 0 Å². The molecule has 2 aromatic rings. The van der Waals surface area contributed by atoms with E-state index in [-0.39, 0.29) is 13.2 Å². The Bertz CT molecular complexity index is 481. The Morgan fingerprint density at radius 1 is 1.60 bits per heavy atom. The van der Waals surface area contributed by atoms with Gasteiger partial charge in [0.25, 0.3) is 0 Å². The summed E-state index contributed by atoms with van der Waals surface area (Å²) in [6.45, 7) is 0.147. The predicted molar refractivity (Wildman–Crippen MR) is 57.1 cm³/mol. The first-order chi connectivity index (χ1) is 7.35. The van der Waals surface area contributed by atoms with Gasteiger partial charge in [-0.25, -0.2) is 0 Å². The quantitative estimate of drug-likeness (QED) is 0.853. The molecule has 15 heavy (non-hydrogen) atoms. The molecule has 0 bridgehead atoms. The minimum atomic E-state index is -0.0589. The van der Waals surface area contributed by atoms with Gasteiger partial charge < -0.3 is 5.11 Å². The number of rotatable bonds is 3. The van der Waals surface area contributed by atoms with Gasteiger partial charge in [0, 0.05) is 22.7 Å². The number of hydrogen-bond acceptors (Lipinski definition) is 4. The third-order valence-corrected chi connectivity index (χ3v) is 2.72. The molecule has 2 aromatic heterocycles. The van der Waals surface area contributed by atoms with E-state index in [0.717, 1.165) is 16.8 Å². The van der Waals surface area contributed by atoms with Gasteiger partial charge in [-0.15, -0.1) is 0 Å². The molecule has 0 saturated carbocycles. The Morgan fingerprint density at radius 3 is 3.07 bits per heavy atom. The molecule has 0 fully saturated rings. The molecule has 2 rings (SSSR count). The Kier molecular flexibility index (Phi) is 2.81. The minimum Gasteiger partial charge on any atom is -0.392 e. The second-order valence-electron chi connectivity index (χ2n) is 3.03. The molecule has 0 aliphatic carbocycles. The second-order valence-corrected chi connectivity index (χ2v) is 3.81. The fourth-order valence-electron chi connectivity index (χ4n) is 1.37. The smallest absolute Gasteiger partial charge is 0.128 e. The first-order valence-corrected chi connectivity index (χ1v) is 5.36. The number of hydrogen-bond donors (Lipinski definition) is 1. The standard InChI is InChI=1S/C10H9N3OS/c11-2-3-13-5-9(6-14)10(12-13)8-1-4-15-7-8/h1,4-5,7,14H,3,6H2. The maximum Gasteiger partial charge on any atom is 0.128 e. The summed E-state index contributed by atoms with van der Waals surface area (Å²) in [7, 11) is 0. The molecule has 0 unspecified atom stereocenters. The van der Waals surface area contributed by atoms with E-state index >= 15 is 0 Å². The summed E-state index contributed by atoms with van der Waals surface area (Å²) in [4.78, 5) is 0. The van der Waals surface area contributed by atoms with Gasteiger partial charge in [0.05, 0.1) is 18.4 Å².